The summed E-state index contributed by atoms with van der Waals surface area (Å²) in [5, 5.41) is 0. The smallest absolute Gasteiger partial charge is 0.348 e. The molecule has 1 amide bonds. The zero-order valence-corrected chi connectivity index (χ0v) is 15.6. The van der Waals surface area contributed by atoms with Crippen molar-refractivity contribution in [3.8, 4) is 0 Å². The number of esters is 1. The molecule has 0 unspecified atom stereocenters. The van der Waals surface area contributed by atoms with Crippen LogP contribution in [0.2, 0.25) is 0 Å². The zero-order valence-electron chi connectivity index (χ0n) is 14.8. The van der Waals surface area contributed by atoms with Gasteiger partial charge in [-0.2, -0.15) is 0 Å². The molecule has 0 bridgehead atoms. The van der Waals surface area contributed by atoms with E-state index < -0.39 is 5.97 Å². The largest absolute Gasteiger partial charge is 0.465 e. The molecule has 2 heterocycles. The average molecular weight is 370 g/mol. The normalized spacial score (nSPS) is 15.3. The number of rotatable bonds is 5. The Morgan fingerprint density at radius 2 is 1.73 bits per heavy atom. The molecule has 136 valence electrons. The minimum atomic E-state index is -0.399. The second-order valence-electron chi connectivity index (χ2n) is 6.06. The molecule has 0 N–H and O–H groups in total. The van der Waals surface area contributed by atoms with E-state index >= 15 is 0 Å². The summed E-state index contributed by atoms with van der Waals surface area (Å²) < 4.78 is 4.69. The predicted molar refractivity (Wildman–Crippen MR) is 103 cm³/mol. The SMILES string of the molecule is COC(=O)c1ccc(C(=O)N2CCN(C/C=C/c3ccccc3)CC2)s1. The van der Waals surface area contributed by atoms with E-state index in [-0.39, 0.29) is 5.91 Å². The Morgan fingerprint density at radius 3 is 2.42 bits per heavy atom. The number of hydrogen-bond donors (Lipinski definition) is 0. The molecular formula is C20H22N2O3S. The van der Waals surface area contributed by atoms with Gasteiger partial charge >= 0.3 is 5.97 Å². The van der Waals surface area contributed by atoms with Gasteiger partial charge in [-0.05, 0) is 17.7 Å². The topological polar surface area (TPSA) is 49.9 Å². The minimum absolute atomic E-state index is 0.00960. The van der Waals surface area contributed by atoms with Gasteiger partial charge in [-0.25, -0.2) is 4.79 Å². The number of carbonyl (C=O) groups is 2. The third kappa shape index (κ3) is 4.59. The first-order chi connectivity index (χ1) is 12.7. The third-order valence-electron chi connectivity index (χ3n) is 4.34. The van der Waals surface area contributed by atoms with Gasteiger partial charge < -0.3 is 9.64 Å². The lowest BCUT2D eigenvalue weighted by atomic mass is 10.2. The fourth-order valence-electron chi connectivity index (χ4n) is 2.85. The molecule has 0 saturated carbocycles. The Labute approximate surface area is 157 Å². The fraction of sp³-hybridized carbons (Fsp3) is 0.300. The van der Waals surface area contributed by atoms with E-state index in [0.29, 0.717) is 22.8 Å². The van der Waals surface area contributed by atoms with Gasteiger partial charge in [-0.3, -0.25) is 9.69 Å². The van der Waals surface area contributed by atoms with Crippen molar-refractivity contribution in [3.05, 3.63) is 63.9 Å². The number of benzene rings is 1. The van der Waals surface area contributed by atoms with Crippen LogP contribution in [0.25, 0.3) is 6.08 Å². The molecule has 6 heteroatoms. The Balaban J connectivity index is 1.48. The zero-order chi connectivity index (χ0) is 18.4. The Bertz CT molecular complexity index is 777. The van der Waals surface area contributed by atoms with E-state index in [1.807, 2.05) is 23.1 Å². The fourth-order valence-corrected chi connectivity index (χ4v) is 3.75. The molecule has 3 rings (SSSR count). The maximum Gasteiger partial charge on any atom is 0.348 e. The standard InChI is InChI=1S/C20H22N2O3S/c1-25-20(24)18-10-9-17(26-18)19(23)22-14-12-21(13-15-22)11-5-8-16-6-3-2-4-7-16/h2-10H,11-15H2,1H3/b8-5+. The molecule has 1 fully saturated rings. The van der Waals surface area contributed by atoms with Gasteiger partial charge in [0.2, 0.25) is 0 Å². The summed E-state index contributed by atoms with van der Waals surface area (Å²) in [7, 11) is 1.34. The van der Waals surface area contributed by atoms with Gasteiger partial charge in [0, 0.05) is 32.7 Å². The van der Waals surface area contributed by atoms with Crippen molar-refractivity contribution >= 4 is 29.3 Å². The van der Waals surface area contributed by atoms with Crippen LogP contribution in [0.15, 0.2) is 48.5 Å². The van der Waals surface area contributed by atoms with E-state index in [0.717, 1.165) is 19.6 Å². The Hall–Kier alpha value is -2.44. The number of piperazine rings is 1. The van der Waals surface area contributed by atoms with Gasteiger partial charge in [0.25, 0.3) is 5.91 Å². The van der Waals surface area contributed by atoms with Crippen LogP contribution in [0.4, 0.5) is 0 Å². The number of hydrogen-bond acceptors (Lipinski definition) is 5. The van der Waals surface area contributed by atoms with Gasteiger partial charge in [-0.1, -0.05) is 42.5 Å². The van der Waals surface area contributed by atoms with Crippen molar-refractivity contribution in [3.63, 3.8) is 0 Å². The summed E-state index contributed by atoms with van der Waals surface area (Å²) in [6, 6.07) is 13.6. The van der Waals surface area contributed by atoms with Gasteiger partial charge in [0.05, 0.1) is 12.0 Å². The van der Waals surface area contributed by atoms with Crippen LogP contribution in [-0.4, -0.2) is 61.5 Å². The molecule has 2 aromatic rings. The molecule has 26 heavy (non-hydrogen) atoms. The van der Waals surface area contributed by atoms with E-state index in [9.17, 15) is 9.59 Å². The van der Waals surface area contributed by atoms with Crippen molar-refractivity contribution in [2.45, 2.75) is 0 Å². The van der Waals surface area contributed by atoms with E-state index in [1.165, 1.54) is 24.0 Å². The van der Waals surface area contributed by atoms with Crippen molar-refractivity contribution in [1.82, 2.24) is 9.80 Å². The quantitative estimate of drug-likeness (QED) is 0.759. The monoisotopic (exact) mass is 370 g/mol. The van der Waals surface area contributed by atoms with Gasteiger partial charge in [0.15, 0.2) is 0 Å². The number of methoxy groups -OCH3 is 1. The van der Waals surface area contributed by atoms with E-state index in [2.05, 4.69) is 29.2 Å². The summed E-state index contributed by atoms with van der Waals surface area (Å²) in [6.07, 6.45) is 4.28. The van der Waals surface area contributed by atoms with Gasteiger partial charge in [0.1, 0.15) is 4.88 Å². The van der Waals surface area contributed by atoms with Crippen LogP contribution < -0.4 is 0 Å². The minimum Gasteiger partial charge on any atom is -0.465 e. The second-order valence-corrected chi connectivity index (χ2v) is 7.15. The maximum absolute atomic E-state index is 12.6. The Kier molecular flexibility index (Phi) is 6.20. The lowest BCUT2D eigenvalue weighted by Crippen LogP contribution is -2.48. The molecular weight excluding hydrogens is 348 g/mol. The highest BCUT2D eigenvalue weighted by Gasteiger charge is 2.23. The predicted octanol–water partition coefficient (Wildman–Crippen LogP) is 3.01. The molecule has 0 spiro atoms. The molecule has 1 aromatic carbocycles. The van der Waals surface area contributed by atoms with Crippen molar-refractivity contribution in [2.24, 2.45) is 0 Å². The second kappa shape index (κ2) is 8.78. The molecule has 0 atom stereocenters. The van der Waals surface area contributed by atoms with E-state index in [4.69, 9.17) is 4.74 Å². The number of thiophene rings is 1. The highest BCUT2D eigenvalue weighted by Crippen LogP contribution is 2.20. The maximum atomic E-state index is 12.6. The molecule has 1 aromatic heterocycles. The van der Waals surface area contributed by atoms with Crippen LogP contribution in [0.1, 0.15) is 24.9 Å². The molecule has 1 saturated heterocycles. The summed E-state index contributed by atoms with van der Waals surface area (Å²) in [5.74, 6) is -0.409. The molecule has 5 nitrogen and oxygen atoms in total. The number of amides is 1. The Morgan fingerprint density at radius 1 is 1.04 bits per heavy atom. The lowest BCUT2D eigenvalue weighted by molar-refractivity contribution is 0.0605. The van der Waals surface area contributed by atoms with Crippen LogP contribution in [0.3, 0.4) is 0 Å². The first-order valence-electron chi connectivity index (χ1n) is 8.59. The molecule has 1 aliphatic rings. The number of carbonyl (C=O) groups excluding carboxylic acids is 2. The number of ether oxygens (including phenoxy) is 1. The average Bonchev–Trinajstić information content (AvgIpc) is 3.18. The first kappa shape index (κ1) is 18.4. The summed E-state index contributed by atoms with van der Waals surface area (Å²) in [5.41, 5.74) is 1.19. The summed E-state index contributed by atoms with van der Waals surface area (Å²) in [6.45, 7) is 3.97. The van der Waals surface area contributed by atoms with Gasteiger partial charge in [-0.15, -0.1) is 11.3 Å². The van der Waals surface area contributed by atoms with Crippen molar-refractivity contribution in [2.75, 3.05) is 39.8 Å². The van der Waals surface area contributed by atoms with Crippen LogP contribution in [0.5, 0.6) is 0 Å². The first-order valence-corrected chi connectivity index (χ1v) is 9.40. The van der Waals surface area contributed by atoms with Crippen molar-refractivity contribution in [1.29, 1.82) is 0 Å². The van der Waals surface area contributed by atoms with E-state index in [1.54, 1.807) is 12.1 Å². The summed E-state index contributed by atoms with van der Waals surface area (Å²) >= 11 is 1.19. The third-order valence-corrected chi connectivity index (χ3v) is 5.39. The van der Waals surface area contributed by atoms with Crippen LogP contribution in [-0.2, 0) is 4.74 Å². The molecule has 0 radical (unpaired) electrons. The highest BCUT2D eigenvalue weighted by molar-refractivity contribution is 7.15. The molecule has 0 aliphatic carbocycles. The number of nitrogens with zero attached hydrogens (tertiary/aromatic N) is 2. The highest BCUT2D eigenvalue weighted by atomic mass is 32.1. The van der Waals surface area contributed by atoms with Crippen LogP contribution in [0, 0.1) is 0 Å². The van der Waals surface area contributed by atoms with Crippen LogP contribution >= 0.6 is 11.3 Å². The molecule has 1 aliphatic heterocycles. The lowest BCUT2D eigenvalue weighted by Gasteiger charge is -2.33. The summed E-state index contributed by atoms with van der Waals surface area (Å²) in [4.78, 5) is 29.3. The van der Waals surface area contributed by atoms with Crippen molar-refractivity contribution < 1.29 is 14.3 Å².